The molecule has 1 aliphatic rings. The van der Waals surface area contributed by atoms with Crippen LogP contribution in [0.25, 0.3) is 0 Å². The Labute approximate surface area is 94.4 Å². The fraction of sp³-hybridized carbons (Fsp3) is 0.700. The molecule has 2 heterocycles. The molecule has 1 unspecified atom stereocenters. The largest absolute Gasteiger partial charge is 0.337 e. The highest BCUT2D eigenvalue weighted by Crippen LogP contribution is 2.21. The standard InChI is InChI=1S/C10H17N5O/c1-10(4-3-5-12-10)9(16)15(2)6-8-11-7-13-14-8/h7,12H,3-6H2,1-2H3,(H,11,13,14). The first-order chi connectivity index (χ1) is 7.62. The third-order valence-corrected chi connectivity index (χ3v) is 3.04. The summed E-state index contributed by atoms with van der Waals surface area (Å²) in [4.78, 5) is 17.9. The van der Waals surface area contributed by atoms with Crippen LogP contribution in [0.4, 0.5) is 0 Å². The number of amides is 1. The second kappa shape index (κ2) is 4.21. The van der Waals surface area contributed by atoms with Crippen molar-refractivity contribution in [3.8, 4) is 0 Å². The lowest BCUT2D eigenvalue weighted by atomic mass is 9.99. The minimum Gasteiger partial charge on any atom is -0.337 e. The maximum atomic E-state index is 12.2. The number of carbonyl (C=O) groups is 1. The number of hydrogen-bond acceptors (Lipinski definition) is 4. The summed E-state index contributed by atoms with van der Waals surface area (Å²) in [6.45, 7) is 3.34. The van der Waals surface area contributed by atoms with Crippen molar-refractivity contribution in [2.75, 3.05) is 13.6 Å². The summed E-state index contributed by atoms with van der Waals surface area (Å²) in [7, 11) is 1.79. The topological polar surface area (TPSA) is 73.9 Å². The van der Waals surface area contributed by atoms with Gasteiger partial charge in [-0.3, -0.25) is 9.89 Å². The minimum absolute atomic E-state index is 0.112. The smallest absolute Gasteiger partial charge is 0.242 e. The van der Waals surface area contributed by atoms with Gasteiger partial charge in [0, 0.05) is 7.05 Å². The zero-order valence-electron chi connectivity index (χ0n) is 9.66. The lowest BCUT2D eigenvalue weighted by Crippen LogP contribution is -2.51. The number of hydrogen-bond donors (Lipinski definition) is 2. The zero-order valence-corrected chi connectivity index (χ0v) is 9.66. The molecular formula is C10H17N5O. The minimum atomic E-state index is -0.408. The maximum absolute atomic E-state index is 12.2. The van der Waals surface area contributed by atoms with Gasteiger partial charge in [-0.1, -0.05) is 0 Å². The van der Waals surface area contributed by atoms with E-state index in [1.807, 2.05) is 6.92 Å². The Kier molecular flexibility index (Phi) is 2.91. The molecule has 0 saturated carbocycles. The zero-order chi connectivity index (χ0) is 11.6. The lowest BCUT2D eigenvalue weighted by Gasteiger charge is -2.28. The summed E-state index contributed by atoms with van der Waals surface area (Å²) in [6.07, 6.45) is 3.40. The molecule has 1 aromatic rings. The Morgan fingerprint density at radius 2 is 2.50 bits per heavy atom. The van der Waals surface area contributed by atoms with Gasteiger partial charge < -0.3 is 10.2 Å². The normalized spacial score (nSPS) is 24.6. The molecule has 0 spiro atoms. The second-order valence-electron chi connectivity index (χ2n) is 4.46. The number of aromatic nitrogens is 3. The van der Waals surface area contributed by atoms with Gasteiger partial charge in [0.05, 0.1) is 12.1 Å². The first-order valence-corrected chi connectivity index (χ1v) is 5.47. The fourth-order valence-electron chi connectivity index (χ4n) is 2.10. The summed E-state index contributed by atoms with van der Waals surface area (Å²) in [5, 5.41) is 9.77. The van der Waals surface area contributed by atoms with Gasteiger partial charge in [-0.15, -0.1) is 0 Å². The van der Waals surface area contributed by atoms with E-state index in [0.717, 1.165) is 19.4 Å². The molecule has 1 amide bonds. The van der Waals surface area contributed by atoms with Gasteiger partial charge in [-0.25, -0.2) is 4.98 Å². The molecule has 88 valence electrons. The number of aromatic amines is 1. The van der Waals surface area contributed by atoms with Crippen molar-refractivity contribution in [2.45, 2.75) is 31.8 Å². The van der Waals surface area contributed by atoms with E-state index in [0.29, 0.717) is 12.4 Å². The average molecular weight is 223 g/mol. The van der Waals surface area contributed by atoms with E-state index < -0.39 is 5.54 Å². The molecule has 1 saturated heterocycles. The van der Waals surface area contributed by atoms with Crippen LogP contribution < -0.4 is 5.32 Å². The van der Waals surface area contributed by atoms with Crippen molar-refractivity contribution in [3.63, 3.8) is 0 Å². The van der Waals surface area contributed by atoms with E-state index in [1.54, 1.807) is 11.9 Å². The molecular weight excluding hydrogens is 206 g/mol. The van der Waals surface area contributed by atoms with E-state index >= 15 is 0 Å². The van der Waals surface area contributed by atoms with Gasteiger partial charge in [-0.05, 0) is 26.3 Å². The lowest BCUT2D eigenvalue weighted by molar-refractivity contribution is -0.136. The molecule has 0 radical (unpaired) electrons. The highest BCUT2D eigenvalue weighted by Gasteiger charge is 2.37. The predicted molar refractivity (Wildman–Crippen MR) is 58.5 cm³/mol. The van der Waals surface area contributed by atoms with Crippen molar-refractivity contribution < 1.29 is 4.79 Å². The molecule has 2 N–H and O–H groups in total. The summed E-state index contributed by atoms with van der Waals surface area (Å²) in [5.74, 6) is 0.818. The average Bonchev–Trinajstić information content (AvgIpc) is 2.89. The molecule has 0 aromatic carbocycles. The fourth-order valence-corrected chi connectivity index (χ4v) is 2.10. The summed E-state index contributed by atoms with van der Waals surface area (Å²) in [5.41, 5.74) is -0.408. The van der Waals surface area contributed by atoms with Crippen LogP contribution in [-0.4, -0.2) is 45.1 Å². The Morgan fingerprint density at radius 3 is 3.06 bits per heavy atom. The number of likely N-dealkylation sites (N-methyl/N-ethyl adjacent to an activating group) is 1. The van der Waals surface area contributed by atoms with Crippen LogP contribution in [0, 0.1) is 0 Å². The van der Waals surface area contributed by atoms with Gasteiger partial charge >= 0.3 is 0 Å². The third kappa shape index (κ3) is 2.06. The van der Waals surface area contributed by atoms with Crippen molar-refractivity contribution in [1.82, 2.24) is 25.4 Å². The van der Waals surface area contributed by atoms with E-state index in [2.05, 4.69) is 20.5 Å². The van der Waals surface area contributed by atoms with Crippen LogP contribution in [0.15, 0.2) is 6.33 Å². The SMILES string of the molecule is CN(Cc1ncn[nH]1)C(=O)C1(C)CCCN1. The molecule has 6 nitrogen and oxygen atoms in total. The van der Waals surface area contributed by atoms with E-state index in [-0.39, 0.29) is 5.91 Å². The van der Waals surface area contributed by atoms with Crippen LogP contribution in [0.3, 0.4) is 0 Å². The van der Waals surface area contributed by atoms with Crippen LogP contribution >= 0.6 is 0 Å². The van der Waals surface area contributed by atoms with Crippen molar-refractivity contribution in [1.29, 1.82) is 0 Å². The van der Waals surface area contributed by atoms with Crippen molar-refractivity contribution in [3.05, 3.63) is 12.2 Å². The number of nitrogens with one attached hydrogen (secondary N) is 2. The van der Waals surface area contributed by atoms with Gasteiger partial charge in [0.25, 0.3) is 0 Å². The van der Waals surface area contributed by atoms with Crippen LogP contribution in [0.1, 0.15) is 25.6 Å². The number of nitrogens with zero attached hydrogens (tertiary/aromatic N) is 3. The van der Waals surface area contributed by atoms with Gasteiger partial charge in [-0.2, -0.15) is 5.10 Å². The van der Waals surface area contributed by atoms with E-state index in [4.69, 9.17) is 0 Å². The maximum Gasteiger partial charge on any atom is 0.242 e. The van der Waals surface area contributed by atoms with Crippen LogP contribution in [-0.2, 0) is 11.3 Å². The first kappa shape index (κ1) is 11.1. The van der Waals surface area contributed by atoms with E-state index in [9.17, 15) is 4.79 Å². The molecule has 1 fully saturated rings. The molecule has 1 aliphatic heterocycles. The Morgan fingerprint density at radius 1 is 1.69 bits per heavy atom. The number of rotatable bonds is 3. The summed E-state index contributed by atoms with van der Waals surface area (Å²) >= 11 is 0. The van der Waals surface area contributed by atoms with Gasteiger partial charge in [0.15, 0.2) is 0 Å². The Hall–Kier alpha value is -1.43. The third-order valence-electron chi connectivity index (χ3n) is 3.04. The molecule has 6 heteroatoms. The van der Waals surface area contributed by atoms with Crippen molar-refractivity contribution >= 4 is 5.91 Å². The molecule has 1 atom stereocenters. The van der Waals surface area contributed by atoms with Crippen LogP contribution in [0.2, 0.25) is 0 Å². The molecule has 2 rings (SSSR count). The van der Waals surface area contributed by atoms with Crippen LogP contribution in [0.5, 0.6) is 0 Å². The van der Waals surface area contributed by atoms with Gasteiger partial charge in [0.2, 0.25) is 5.91 Å². The van der Waals surface area contributed by atoms with Crippen molar-refractivity contribution in [2.24, 2.45) is 0 Å². The summed E-state index contributed by atoms with van der Waals surface area (Å²) < 4.78 is 0. The molecule has 16 heavy (non-hydrogen) atoms. The highest BCUT2D eigenvalue weighted by atomic mass is 16.2. The molecule has 1 aromatic heterocycles. The predicted octanol–water partition coefficient (Wildman–Crippen LogP) is -0.0948. The Balaban J connectivity index is 1.99. The van der Waals surface area contributed by atoms with E-state index in [1.165, 1.54) is 6.33 Å². The second-order valence-corrected chi connectivity index (χ2v) is 4.46. The highest BCUT2D eigenvalue weighted by molar-refractivity contribution is 5.86. The number of carbonyl (C=O) groups excluding carboxylic acids is 1. The Bertz CT molecular complexity index is 355. The quantitative estimate of drug-likeness (QED) is 0.750. The monoisotopic (exact) mass is 223 g/mol. The van der Waals surface area contributed by atoms with Gasteiger partial charge in [0.1, 0.15) is 12.2 Å². The number of H-pyrrole nitrogens is 1. The molecule has 0 aliphatic carbocycles. The summed E-state index contributed by atoms with van der Waals surface area (Å²) in [6, 6.07) is 0. The molecule has 0 bridgehead atoms. The first-order valence-electron chi connectivity index (χ1n) is 5.47.